The first-order valence-electron chi connectivity index (χ1n) is 5.25. The summed E-state index contributed by atoms with van der Waals surface area (Å²) < 4.78 is 20.5. The zero-order valence-corrected chi connectivity index (χ0v) is 9.74. The maximum absolute atomic E-state index is 5.50. The van der Waals surface area contributed by atoms with Crippen LogP contribution in [-0.2, 0) is 18.9 Å². The Morgan fingerprint density at radius 2 is 1.33 bits per heavy atom. The number of methoxy groups -OCH3 is 1. The fourth-order valence-corrected chi connectivity index (χ4v) is 0.851. The first-order chi connectivity index (χ1) is 7.27. The molecule has 0 rings (SSSR count). The molecule has 0 bridgehead atoms. The number of hydrogen-bond donors (Lipinski definition) is 1. The Kier molecular flexibility index (Phi) is 11.7. The molecule has 0 fully saturated rings. The van der Waals surface area contributed by atoms with Gasteiger partial charge in [0.15, 0.2) is 0 Å². The second-order valence-electron chi connectivity index (χ2n) is 3.27. The summed E-state index contributed by atoms with van der Waals surface area (Å²) in [7, 11) is 1.65. The highest BCUT2D eigenvalue weighted by atomic mass is 16.6. The van der Waals surface area contributed by atoms with Crippen molar-refractivity contribution in [1.82, 2.24) is 0 Å². The van der Waals surface area contributed by atoms with Crippen LogP contribution in [0.5, 0.6) is 0 Å². The summed E-state index contributed by atoms with van der Waals surface area (Å²) in [6.45, 7) is 6.07. The third-order valence-corrected chi connectivity index (χ3v) is 1.56. The summed E-state index contributed by atoms with van der Waals surface area (Å²) in [5, 5.41) is 0. The van der Waals surface area contributed by atoms with Gasteiger partial charge in [0, 0.05) is 13.2 Å². The summed E-state index contributed by atoms with van der Waals surface area (Å²) in [6, 6.07) is 0.0855. The molecule has 0 aliphatic carbocycles. The van der Waals surface area contributed by atoms with E-state index in [9.17, 15) is 0 Å². The zero-order valence-electron chi connectivity index (χ0n) is 9.74. The highest BCUT2D eigenvalue weighted by Crippen LogP contribution is 1.83. The van der Waals surface area contributed by atoms with Gasteiger partial charge in [0.25, 0.3) is 0 Å². The smallest absolute Gasteiger partial charge is 0.0701 e. The van der Waals surface area contributed by atoms with Gasteiger partial charge < -0.3 is 24.7 Å². The fourth-order valence-electron chi connectivity index (χ4n) is 0.851. The number of ether oxygens (including phenoxy) is 4. The van der Waals surface area contributed by atoms with Crippen molar-refractivity contribution in [3.05, 3.63) is 0 Å². The Bertz CT molecular complexity index is 122. The molecular weight excluding hydrogens is 198 g/mol. The molecule has 0 aromatic heterocycles. The molecule has 0 spiro atoms. The van der Waals surface area contributed by atoms with Gasteiger partial charge in [-0.2, -0.15) is 0 Å². The number of rotatable bonds is 11. The van der Waals surface area contributed by atoms with Gasteiger partial charge in [-0.05, 0) is 6.92 Å². The van der Waals surface area contributed by atoms with Gasteiger partial charge in [0.05, 0.1) is 46.2 Å². The molecule has 92 valence electrons. The number of nitrogens with two attached hydrogens (primary N) is 1. The van der Waals surface area contributed by atoms with Crippen LogP contribution >= 0.6 is 0 Å². The van der Waals surface area contributed by atoms with E-state index in [1.54, 1.807) is 7.11 Å². The van der Waals surface area contributed by atoms with Crippen molar-refractivity contribution in [2.75, 3.05) is 53.4 Å². The molecule has 5 heteroatoms. The normalized spacial score (nSPS) is 13.0. The first kappa shape index (κ1) is 14.8. The topological polar surface area (TPSA) is 62.9 Å². The molecule has 0 aliphatic heterocycles. The Morgan fingerprint density at radius 1 is 0.867 bits per heavy atom. The molecule has 1 atom stereocenters. The Balaban J connectivity index is 2.87. The van der Waals surface area contributed by atoms with Crippen LogP contribution in [0.2, 0.25) is 0 Å². The van der Waals surface area contributed by atoms with Crippen LogP contribution in [0.1, 0.15) is 6.92 Å². The van der Waals surface area contributed by atoms with Crippen LogP contribution in [-0.4, -0.2) is 59.4 Å². The molecule has 0 aromatic rings. The van der Waals surface area contributed by atoms with Crippen LogP contribution in [0.15, 0.2) is 0 Å². The van der Waals surface area contributed by atoms with Crippen molar-refractivity contribution in [2.24, 2.45) is 5.73 Å². The minimum Gasteiger partial charge on any atom is -0.382 e. The molecule has 0 radical (unpaired) electrons. The van der Waals surface area contributed by atoms with Crippen molar-refractivity contribution in [2.45, 2.75) is 13.0 Å². The highest BCUT2D eigenvalue weighted by Gasteiger charge is 1.94. The third kappa shape index (κ3) is 13.8. The highest BCUT2D eigenvalue weighted by molar-refractivity contribution is 4.47. The van der Waals surface area contributed by atoms with E-state index < -0.39 is 0 Å². The van der Waals surface area contributed by atoms with E-state index in [0.29, 0.717) is 46.2 Å². The lowest BCUT2D eigenvalue weighted by atomic mass is 10.4. The Labute approximate surface area is 91.8 Å². The van der Waals surface area contributed by atoms with Gasteiger partial charge in [-0.25, -0.2) is 0 Å². The van der Waals surface area contributed by atoms with Crippen molar-refractivity contribution in [3.63, 3.8) is 0 Å². The Hall–Kier alpha value is -0.200. The van der Waals surface area contributed by atoms with Crippen LogP contribution in [0.4, 0.5) is 0 Å². The predicted molar refractivity (Wildman–Crippen MR) is 58.0 cm³/mol. The van der Waals surface area contributed by atoms with E-state index in [2.05, 4.69) is 0 Å². The minimum atomic E-state index is 0.0855. The summed E-state index contributed by atoms with van der Waals surface area (Å²) in [4.78, 5) is 0. The van der Waals surface area contributed by atoms with Gasteiger partial charge in [-0.15, -0.1) is 0 Å². The maximum atomic E-state index is 5.50. The SMILES string of the molecule is COCCOCCOCCOCC(C)N. The largest absolute Gasteiger partial charge is 0.382 e. The van der Waals surface area contributed by atoms with Crippen molar-refractivity contribution >= 4 is 0 Å². The average molecular weight is 221 g/mol. The van der Waals surface area contributed by atoms with E-state index in [4.69, 9.17) is 24.7 Å². The maximum Gasteiger partial charge on any atom is 0.0701 e. The molecule has 0 heterocycles. The van der Waals surface area contributed by atoms with Gasteiger partial charge in [-0.3, -0.25) is 0 Å². The molecule has 0 saturated carbocycles. The second kappa shape index (κ2) is 11.9. The lowest BCUT2D eigenvalue weighted by Crippen LogP contribution is -2.23. The van der Waals surface area contributed by atoms with Crippen LogP contribution in [0.25, 0.3) is 0 Å². The van der Waals surface area contributed by atoms with Crippen LogP contribution < -0.4 is 5.73 Å². The van der Waals surface area contributed by atoms with E-state index in [-0.39, 0.29) is 6.04 Å². The van der Waals surface area contributed by atoms with Gasteiger partial charge >= 0.3 is 0 Å². The average Bonchev–Trinajstić information content (AvgIpc) is 2.20. The summed E-state index contributed by atoms with van der Waals surface area (Å²) >= 11 is 0. The second-order valence-corrected chi connectivity index (χ2v) is 3.27. The van der Waals surface area contributed by atoms with Gasteiger partial charge in [0.2, 0.25) is 0 Å². The van der Waals surface area contributed by atoms with Gasteiger partial charge in [0.1, 0.15) is 0 Å². The van der Waals surface area contributed by atoms with Gasteiger partial charge in [-0.1, -0.05) is 0 Å². The molecule has 15 heavy (non-hydrogen) atoms. The van der Waals surface area contributed by atoms with E-state index in [1.807, 2.05) is 6.92 Å². The molecule has 0 saturated heterocycles. The molecular formula is C10H23NO4. The lowest BCUT2D eigenvalue weighted by Gasteiger charge is -2.07. The standard InChI is InChI=1S/C10H23NO4/c1-10(11)9-15-8-7-14-6-5-13-4-3-12-2/h10H,3-9,11H2,1-2H3. The lowest BCUT2D eigenvalue weighted by molar-refractivity contribution is 0.00250. The zero-order chi connectivity index (χ0) is 11.4. The Morgan fingerprint density at radius 3 is 1.80 bits per heavy atom. The van der Waals surface area contributed by atoms with Crippen LogP contribution in [0.3, 0.4) is 0 Å². The molecule has 0 aromatic carbocycles. The predicted octanol–water partition coefficient (Wildman–Crippen LogP) is 0.0298. The van der Waals surface area contributed by atoms with Crippen molar-refractivity contribution in [1.29, 1.82) is 0 Å². The molecule has 5 nitrogen and oxygen atoms in total. The molecule has 1 unspecified atom stereocenters. The number of hydrogen-bond acceptors (Lipinski definition) is 5. The van der Waals surface area contributed by atoms with E-state index in [1.165, 1.54) is 0 Å². The van der Waals surface area contributed by atoms with Crippen molar-refractivity contribution < 1.29 is 18.9 Å². The molecule has 0 aliphatic rings. The summed E-state index contributed by atoms with van der Waals surface area (Å²) in [6.07, 6.45) is 0. The monoisotopic (exact) mass is 221 g/mol. The fraction of sp³-hybridized carbons (Fsp3) is 1.00. The first-order valence-corrected chi connectivity index (χ1v) is 5.25. The summed E-state index contributed by atoms with van der Waals surface area (Å²) in [5.74, 6) is 0. The van der Waals surface area contributed by atoms with Crippen LogP contribution in [0, 0.1) is 0 Å². The minimum absolute atomic E-state index is 0.0855. The summed E-state index contributed by atoms with van der Waals surface area (Å²) in [5.41, 5.74) is 5.50. The molecule has 2 N–H and O–H groups in total. The van der Waals surface area contributed by atoms with E-state index in [0.717, 1.165) is 0 Å². The molecule has 0 amide bonds. The van der Waals surface area contributed by atoms with Crippen molar-refractivity contribution in [3.8, 4) is 0 Å². The quantitative estimate of drug-likeness (QED) is 0.499. The van der Waals surface area contributed by atoms with E-state index >= 15 is 0 Å². The third-order valence-electron chi connectivity index (χ3n) is 1.56.